The Balaban J connectivity index is 1.59. The van der Waals surface area contributed by atoms with Gasteiger partial charge >= 0.3 is 6.18 Å². The third-order valence-corrected chi connectivity index (χ3v) is 6.56. The van der Waals surface area contributed by atoms with Gasteiger partial charge in [-0.3, -0.25) is 15.0 Å². The second-order valence-corrected chi connectivity index (χ2v) is 8.80. The quantitative estimate of drug-likeness (QED) is 0.388. The summed E-state index contributed by atoms with van der Waals surface area (Å²) < 4.78 is 38.8. The van der Waals surface area contributed by atoms with E-state index in [1.54, 1.807) is 12.3 Å². The zero-order chi connectivity index (χ0) is 25.0. The number of halogens is 3. The molecule has 11 heteroatoms. The van der Waals surface area contributed by atoms with Crippen LogP contribution in [0.2, 0.25) is 0 Å². The molecule has 35 heavy (non-hydrogen) atoms. The van der Waals surface area contributed by atoms with Gasteiger partial charge < -0.3 is 10.6 Å². The number of piperidine rings is 1. The first-order valence-electron chi connectivity index (χ1n) is 11.9. The van der Waals surface area contributed by atoms with Crippen LogP contribution in [-0.2, 0) is 6.18 Å². The number of likely N-dealkylation sites (tertiary alicyclic amines) is 1. The van der Waals surface area contributed by atoms with Gasteiger partial charge in [0.25, 0.3) is 0 Å². The van der Waals surface area contributed by atoms with Crippen molar-refractivity contribution in [3.63, 3.8) is 0 Å². The highest BCUT2D eigenvalue weighted by atomic mass is 19.4. The Hall–Kier alpha value is -3.39. The minimum absolute atomic E-state index is 0.0222. The van der Waals surface area contributed by atoms with E-state index in [-0.39, 0.29) is 11.9 Å². The molecule has 0 spiro atoms. The molecule has 0 aromatic carbocycles. The lowest BCUT2D eigenvalue weighted by Crippen LogP contribution is -2.52. The monoisotopic (exact) mass is 486 g/mol. The van der Waals surface area contributed by atoms with Crippen molar-refractivity contribution in [1.29, 1.82) is 5.26 Å². The van der Waals surface area contributed by atoms with Gasteiger partial charge in [0.05, 0.1) is 11.6 Å². The Bertz CT molecular complexity index is 1170. The molecule has 1 aliphatic rings. The lowest BCUT2D eigenvalue weighted by Gasteiger charge is -2.45. The van der Waals surface area contributed by atoms with Gasteiger partial charge in [0.2, 0.25) is 0 Å². The summed E-state index contributed by atoms with van der Waals surface area (Å²) in [5.74, 6) is 1.00. The maximum atomic E-state index is 12.9. The van der Waals surface area contributed by atoms with Crippen LogP contribution >= 0.6 is 0 Å². The first-order chi connectivity index (χ1) is 16.8. The van der Waals surface area contributed by atoms with Gasteiger partial charge in [-0.15, -0.1) is 0 Å². The molecular weight excluding hydrogens is 457 g/mol. The van der Waals surface area contributed by atoms with Gasteiger partial charge in [-0.2, -0.15) is 23.5 Å². The molecule has 3 aromatic rings. The van der Waals surface area contributed by atoms with E-state index < -0.39 is 11.9 Å². The Morgan fingerprint density at radius 1 is 1.17 bits per heavy atom. The summed E-state index contributed by atoms with van der Waals surface area (Å²) in [6.45, 7) is 5.11. The fourth-order valence-electron chi connectivity index (χ4n) is 4.89. The average molecular weight is 487 g/mol. The maximum Gasteiger partial charge on any atom is 0.432 e. The van der Waals surface area contributed by atoms with Crippen LogP contribution in [0.25, 0.3) is 10.9 Å². The molecule has 1 saturated heterocycles. The number of nitrogens with zero attached hydrogens (tertiary/aromatic N) is 5. The number of H-pyrrole nitrogens is 1. The fourth-order valence-corrected chi connectivity index (χ4v) is 4.89. The molecule has 3 N–H and O–H groups in total. The lowest BCUT2D eigenvalue weighted by atomic mass is 9.88. The van der Waals surface area contributed by atoms with E-state index in [4.69, 9.17) is 5.26 Å². The van der Waals surface area contributed by atoms with Gasteiger partial charge in [-0.25, -0.2) is 4.98 Å². The summed E-state index contributed by atoms with van der Waals surface area (Å²) in [6.07, 6.45) is 1.46. The van der Waals surface area contributed by atoms with Gasteiger partial charge in [0, 0.05) is 54.8 Å². The molecule has 4 rings (SSSR count). The van der Waals surface area contributed by atoms with Crippen LogP contribution in [0.1, 0.15) is 51.6 Å². The van der Waals surface area contributed by atoms with Crippen molar-refractivity contribution in [2.75, 3.05) is 17.2 Å². The third kappa shape index (κ3) is 5.65. The molecular formula is C24H29F3N8. The summed E-state index contributed by atoms with van der Waals surface area (Å²) in [5.41, 5.74) is -0.263. The molecule has 2 atom stereocenters. The van der Waals surface area contributed by atoms with Crippen LogP contribution in [0.4, 0.5) is 30.6 Å². The molecule has 4 heterocycles. The predicted octanol–water partition coefficient (Wildman–Crippen LogP) is 5.46. The molecule has 2 unspecified atom stereocenters. The molecule has 1 aliphatic heterocycles. The Morgan fingerprint density at radius 3 is 2.54 bits per heavy atom. The third-order valence-electron chi connectivity index (χ3n) is 6.56. The first-order valence-corrected chi connectivity index (χ1v) is 11.9. The number of fused-ring (bicyclic) bond motifs is 1. The van der Waals surface area contributed by atoms with E-state index in [2.05, 4.69) is 50.5 Å². The molecule has 0 aliphatic carbocycles. The SMILES string of the molecule is CCC1CC(Nc2nc(Nc3cc(C(F)(F)F)[nH]n3)cc3ncccc23)CC(CC)N1CCC#N. The number of hydrogen-bond acceptors (Lipinski definition) is 7. The van der Waals surface area contributed by atoms with E-state index in [9.17, 15) is 13.2 Å². The van der Waals surface area contributed by atoms with Crippen molar-refractivity contribution < 1.29 is 13.2 Å². The number of rotatable bonds is 8. The number of nitrogens with one attached hydrogen (secondary N) is 3. The summed E-state index contributed by atoms with van der Waals surface area (Å²) >= 11 is 0. The second-order valence-electron chi connectivity index (χ2n) is 8.80. The zero-order valence-corrected chi connectivity index (χ0v) is 19.7. The smallest absolute Gasteiger partial charge is 0.367 e. The topological polar surface area (TPSA) is 106 Å². The van der Waals surface area contributed by atoms with Gasteiger partial charge in [-0.1, -0.05) is 13.8 Å². The van der Waals surface area contributed by atoms with E-state index in [1.165, 1.54) is 0 Å². The average Bonchev–Trinajstić information content (AvgIpc) is 3.31. The number of aromatic amines is 1. The molecule has 0 amide bonds. The zero-order valence-electron chi connectivity index (χ0n) is 19.7. The van der Waals surface area contributed by atoms with Crippen molar-refractivity contribution in [3.8, 4) is 6.07 Å². The highest BCUT2D eigenvalue weighted by molar-refractivity contribution is 5.91. The number of pyridine rings is 2. The highest BCUT2D eigenvalue weighted by Gasteiger charge is 2.34. The Morgan fingerprint density at radius 2 is 1.91 bits per heavy atom. The van der Waals surface area contributed by atoms with Crippen LogP contribution in [0.3, 0.4) is 0 Å². The molecule has 1 fully saturated rings. The van der Waals surface area contributed by atoms with E-state index in [0.29, 0.717) is 35.7 Å². The first kappa shape index (κ1) is 24.7. The fraction of sp³-hybridized carbons (Fsp3) is 0.500. The van der Waals surface area contributed by atoms with Crippen molar-refractivity contribution in [2.45, 2.75) is 70.3 Å². The normalized spacial score (nSPS) is 21.1. The van der Waals surface area contributed by atoms with Crippen molar-refractivity contribution in [1.82, 2.24) is 25.1 Å². The summed E-state index contributed by atoms with van der Waals surface area (Å²) in [7, 11) is 0. The highest BCUT2D eigenvalue weighted by Crippen LogP contribution is 2.33. The van der Waals surface area contributed by atoms with Gasteiger partial charge in [-0.05, 0) is 37.8 Å². The number of nitriles is 1. The van der Waals surface area contributed by atoms with Crippen molar-refractivity contribution >= 4 is 28.4 Å². The molecule has 186 valence electrons. The van der Waals surface area contributed by atoms with Crippen molar-refractivity contribution in [3.05, 3.63) is 36.2 Å². The second kappa shape index (κ2) is 10.5. The van der Waals surface area contributed by atoms with Crippen LogP contribution < -0.4 is 10.6 Å². The molecule has 8 nitrogen and oxygen atoms in total. The standard InChI is InChI=1S/C24H29F3N8/c1-3-16-11-15(12-17(4-2)35(16)10-6-8-28)30-23-18-7-5-9-29-19(18)13-21(32-23)31-22-14-20(33-34-22)24(25,26)27/h5,7,9,13-17H,3-4,6,10-12H2,1-2H3,(H3,30,31,32,33,34). The minimum atomic E-state index is -4.51. The number of hydrogen-bond donors (Lipinski definition) is 3. The Kier molecular flexibility index (Phi) is 7.40. The number of alkyl halides is 3. The van der Waals surface area contributed by atoms with E-state index in [1.807, 2.05) is 17.2 Å². The predicted molar refractivity (Wildman–Crippen MR) is 128 cm³/mol. The molecule has 0 radical (unpaired) electrons. The van der Waals surface area contributed by atoms with Crippen LogP contribution in [0.15, 0.2) is 30.5 Å². The summed E-state index contributed by atoms with van der Waals surface area (Å²) in [4.78, 5) is 11.6. The maximum absolute atomic E-state index is 12.9. The van der Waals surface area contributed by atoms with Crippen LogP contribution in [-0.4, -0.2) is 49.7 Å². The molecule has 3 aromatic heterocycles. The lowest BCUT2D eigenvalue weighted by molar-refractivity contribution is -0.141. The number of anilines is 3. The molecule has 0 saturated carbocycles. The van der Waals surface area contributed by atoms with Crippen molar-refractivity contribution in [2.24, 2.45) is 0 Å². The summed E-state index contributed by atoms with van der Waals surface area (Å²) in [5, 5.41) is 22.1. The molecule has 0 bridgehead atoms. The minimum Gasteiger partial charge on any atom is -0.367 e. The van der Waals surface area contributed by atoms with Crippen LogP contribution in [0, 0.1) is 11.3 Å². The van der Waals surface area contributed by atoms with Gasteiger partial charge in [0.1, 0.15) is 17.3 Å². The summed E-state index contributed by atoms with van der Waals surface area (Å²) in [6, 6.07) is 9.50. The largest absolute Gasteiger partial charge is 0.432 e. The number of aromatic nitrogens is 4. The van der Waals surface area contributed by atoms with E-state index >= 15 is 0 Å². The van der Waals surface area contributed by atoms with Gasteiger partial charge in [0.15, 0.2) is 5.82 Å². The van der Waals surface area contributed by atoms with Crippen LogP contribution in [0.5, 0.6) is 0 Å². The Labute approximate surface area is 201 Å². The van der Waals surface area contributed by atoms with E-state index in [0.717, 1.165) is 43.7 Å².